The van der Waals surface area contributed by atoms with Gasteiger partial charge in [-0.15, -0.1) is 0 Å². The normalized spacial score (nSPS) is 11.2. The first-order valence-corrected chi connectivity index (χ1v) is 5.91. The van der Waals surface area contributed by atoms with Gasteiger partial charge in [-0.25, -0.2) is 15.0 Å². The molecule has 0 amide bonds. The Morgan fingerprint density at radius 2 is 2.18 bits per heavy atom. The number of nitrogen functional groups attached to an aromatic ring is 1. The van der Waals surface area contributed by atoms with Crippen LogP contribution in [0.5, 0.6) is 0 Å². The Balaban J connectivity index is 2.34. The molecule has 0 radical (unpaired) electrons. The van der Waals surface area contributed by atoms with Gasteiger partial charge in [0.25, 0.3) is 0 Å². The summed E-state index contributed by atoms with van der Waals surface area (Å²) in [6, 6.07) is 0. The lowest BCUT2D eigenvalue weighted by Crippen LogP contribution is -2.05. The second-order valence-electron chi connectivity index (χ2n) is 3.49. The molecule has 0 fully saturated rings. The maximum Gasteiger partial charge on any atom is 0.184 e. The van der Waals surface area contributed by atoms with Gasteiger partial charge < -0.3 is 10.7 Å². The number of aryl methyl sites for hydroxylation is 1. The summed E-state index contributed by atoms with van der Waals surface area (Å²) in [5.74, 6) is 1.17. The Bertz CT molecular complexity index is 699. The van der Waals surface area contributed by atoms with Crippen LogP contribution in [0.2, 0.25) is 0 Å². The molecule has 0 aromatic carbocycles. The predicted octanol–water partition coefficient (Wildman–Crippen LogP) is 1.03. The van der Waals surface area contributed by atoms with E-state index in [4.69, 9.17) is 5.73 Å². The number of hydrogen-bond donors (Lipinski definition) is 2. The summed E-state index contributed by atoms with van der Waals surface area (Å²) in [6.45, 7) is 1.90. The summed E-state index contributed by atoms with van der Waals surface area (Å²) >= 11 is 2.16. The minimum atomic E-state index is 0.567. The topological polar surface area (TPSA) is 98.3 Å². The average molecular weight is 341 g/mol. The number of H-pyrrole nitrogens is 1. The van der Waals surface area contributed by atoms with Crippen molar-refractivity contribution < 1.29 is 0 Å². The van der Waals surface area contributed by atoms with Gasteiger partial charge in [0, 0.05) is 0 Å². The number of nitrogens with one attached hydrogen (secondary N) is 1. The zero-order valence-electron chi connectivity index (χ0n) is 8.85. The number of aromatic amines is 1. The standard InChI is InChI=1S/C9H8IN7/c1-4-5(10)7(11)17(16-4)9-6-8(13-2-12-6)14-3-15-9/h2-3H,11H2,1H3,(H,12,13,14,15). The van der Waals surface area contributed by atoms with Crippen LogP contribution in [0, 0.1) is 10.5 Å². The smallest absolute Gasteiger partial charge is 0.184 e. The van der Waals surface area contributed by atoms with Crippen LogP contribution in [-0.4, -0.2) is 29.7 Å². The number of anilines is 1. The third-order valence-electron chi connectivity index (χ3n) is 2.42. The van der Waals surface area contributed by atoms with Crippen molar-refractivity contribution in [3.05, 3.63) is 21.9 Å². The monoisotopic (exact) mass is 341 g/mol. The Hall–Kier alpha value is -1.71. The van der Waals surface area contributed by atoms with Crippen molar-refractivity contribution in [3.63, 3.8) is 0 Å². The molecule has 3 rings (SSSR count). The minimum Gasteiger partial charge on any atom is -0.383 e. The van der Waals surface area contributed by atoms with Crippen LogP contribution in [-0.2, 0) is 0 Å². The summed E-state index contributed by atoms with van der Waals surface area (Å²) < 4.78 is 2.52. The number of halogens is 1. The van der Waals surface area contributed by atoms with E-state index in [0.717, 1.165) is 14.8 Å². The second kappa shape index (κ2) is 3.65. The zero-order chi connectivity index (χ0) is 12.0. The average Bonchev–Trinajstić information content (AvgIpc) is 2.89. The van der Waals surface area contributed by atoms with Crippen LogP contribution < -0.4 is 5.73 Å². The molecule has 0 aliphatic rings. The molecule has 0 atom stereocenters. The summed E-state index contributed by atoms with van der Waals surface area (Å²) in [5.41, 5.74) is 8.18. The van der Waals surface area contributed by atoms with E-state index in [1.807, 2.05) is 6.92 Å². The van der Waals surface area contributed by atoms with Crippen molar-refractivity contribution in [1.29, 1.82) is 0 Å². The SMILES string of the molecule is Cc1nn(-c2ncnc3nc[nH]c23)c(N)c1I. The molecule has 0 aliphatic carbocycles. The van der Waals surface area contributed by atoms with Gasteiger partial charge in [-0.2, -0.15) is 9.78 Å². The number of nitrogens with zero attached hydrogens (tertiary/aromatic N) is 5. The van der Waals surface area contributed by atoms with Gasteiger partial charge >= 0.3 is 0 Å². The maximum atomic E-state index is 5.99. The molecule has 3 N–H and O–H groups in total. The Morgan fingerprint density at radius 3 is 2.88 bits per heavy atom. The van der Waals surface area contributed by atoms with Crippen LogP contribution >= 0.6 is 22.6 Å². The summed E-state index contributed by atoms with van der Waals surface area (Å²) in [6.07, 6.45) is 3.02. The lowest BCUT2D eigenvalue weighted by molar-refractivity contribution is 0.843. The van der Waals surface area contributed by atoms with Crippen molar-refractivity contribution in [2.24, 2.45) is 0 Å². The van der Waals surface area contributed by atoms with E-state index in [1.165, 1.54) is 6.33 Å². The van der Waals surface area contributed by atoms with Crippen LogP contribution in [0.1, 0.15) is 5.69 Å². The molecule has 0 unspecified atom stereocenters. The van der Waals surface area contributed by atoms with Gasteiger partial charge in [-0.05, 0) is 29.5 Å². The quantitative estimate of drug-likeness (QED) is 0.645. The third kappa shape index (κ3) is 1.47. The number of nitrogens with two attached hydrogens (primary N) is 1. The molecule has 3 aromatic heterocycles. The fraction of sp³-hybridized carbons (Fsp3) is 0.111. The molecule has 7 nitrogen and oxygen atoms in total. The first kappa shape index (κ1) is 10.4. The fourth-order valence-corrected chi connectivity index (χ4v) is 1.94. The van der Waals surface area contributed by atoms with E-state index in [0.29, 0.717) is 17.3 Å². The lowest BCUT2D eigenvalue weighted by Gasteiger charge is -2.02. The van der Waals surface area contributed by atoms with Crippen molar-refractivity contribution in [2.45, 2.75) is 6.92 Å². The number of hydrogen-bond acceptors (Lipinski definition) is 5. The number of aromatic nitrogens is 6. The summed E-state index contributed by atoms with van der Waals surface area (Å²) in [5, 5.41) is 4.36. The molecule has 0 bridgehead atoms. The predicted molar refractivity (Wildman–Crippen MR) is 70.7 cm³/mol. The van der Waals surface area contributed by atoms with Crippen molar-refractivity contribution in [1.82, 2.24) is 29.7 Å². The second-order valence-corrected chi connectivity index (χ2v) is 4.57. The minimum absolute atomic E-state index is 0.567. The molecular formula is C9H8IN7. The molecule has 0 spiro atoms. The van der Waals surface area contributed by atoms with Gasteiger partial charge in [0.05, 0.1) is 15.6 Å². The van der Waals surface area contributed by atoms with E-state index in [1.54, 1.807) is 11.0 Å². The Morgan fingerprint density at radius 1 is 1.35 bits per heavy atom. The molecule has 0 saturated carbocycles. The molecule has 3 heterocycles. The lowest BCUT2D eigenvalue weighted by atomic mass is 10.4. The van der Waals surface area contributed by atoms with Crippen LogP contribution in [0.4, 0.5) is 5.82 Å². The first-order chi connectivity index (χ1) is 8.18. The van der Waals surface area contributed by atoms with Gasteiger partial charge in [-0.1, -0.05) is 0 Å². The highest BCUT2D eigenvalue weighted by atomic mass is 127. The van der Waals surface area contributed by atoms with E-state index in [2.05, 4.69) is 47.6 Å². The Kier molecular flexibility index (Phi) is 2.24. The highest BCUT2D eigenvalue weighted by Crippen LogP contribution is 2.23. The molecule has 0 aliphatic heterocycles. The molecule has 86 valence electrons. The van der Waals surface area contributed by atoms with Crippen LogP contribution in [0.15, 0.2) is 12.7 Å². The Labute approximate surface area is 110 Å². The molecule has 0 saturated heterocycles. The van der Waals surface area contributed by atoms with E-state index in [9.17, 15) is 0 Å². The molecule has 8 heteroatoms. The number of imidazole rings is 1. The first-order valence-electron chi connectivity index (χ1n) is 4.83. The molecular weight excluding hydrogens is 333 g/mol. The highest BCUT2D eigenvalue weighted by molar-refractivity contribution is 14.1. The third-order valence-corrected chi connectivity index (χ3v) is 3.76. The fourth-order valence-electron chi connectivity index (χ4n) is 1.60. The zero-order valence-corrected chi connectivity index (χ0v) is 11.0. The number of rotatable bonds is 1. The van der Waals surface area contributed by atoms with E-state index < -0.39 is 0 Å². The summed E-state index contributed by atoms with van der Waals surface area (Å²) in [4.78, 5) is 15.3. The number of fused-ring (bicyclic) bond motifs is 1. The van der Waals surface area contributed by atoms with Gasteiger partial charge in [0.2, 0.25) is 0 Å². The van der Waals surface area contributed by atoms with Gasteiger partial charge in [0.1, 0.15) is 17.7 Å². The maximum absolute atomic E-state index is 5.99. The van der Waals surface area contributed by atoms with E-state index >= 15 is 0 Å². The van der Waals surface area contributed by atoms with Gasteiger partial charge in [-0.3, -0.25) is 0 Å². The molecule has 17 heavy (non-hydrogen) atoms. The summed E-state index contributed by atoms with van der Waals surface area (Å²) in [7, 11) is 0. The largest absolute Gasteiger partial charge is 0.383 e. The molecule has 3 aromatic rings. The van der Waals surface area contributed by atoms with Crippen molar-refractivity contribution in [2.75, 3.05) is 5.73 Å². The van der Waals surface area contributed by atoms with Crippen molar-refractivity contribution >= 4 is 39.6 Å². The van der Waals surface area contributed by atoms with E-state index in [-0.39, 0.29) is 0 Å². The van der Waals surface area contributed by atoms with Gasteiger partial charge in [0.15, 0.2) is 11.5 Å². The van der Waals surface area contributed by atoms with Crippen LogP contribution in [0.3, 0.4) is 0 Å². The highest BCUT2D eigenvalue weighted by Gasteiger charge is 2.15. The van der Waals surface area contributed by atoms with Crippen molar-refractivity contribution in [3.8, 4) is 5.82 Å². The van der Waals surface area contributed by atoms with Crippen LogP contribution in [0.25, 0.3) is 17.0 Å².